The summed E-state index contributed by atoms with van der Waals surface area (Å²) in [5.74, 6) is 0.611. The van der Waals surface area contributed by atoms with Crippen LogP contribution < -0.4 is 10.6 Å². The van der Waals surface area contributed by atoms with Gasteiger partial charge in [-0.15, -0.1) is 0 Å². The van der Waals surface area contributed by atoms with Crippen LogP contribution in [0.25, 0.3) is 11.1 Å². The highest BCUT2D eigenvalue weighted by atomic mass is 16.5. The van der Waals surface area contributed by atoms with Crippen molar-refractivity contribution in [3.05, 3.63) is 89.3 Å². The van der Waals surface area contributed by atoms with Crippen molar-refractivity contribution < 1.29 is 14.1 Å². The minimum atomic E-state index is -1.10. The molecule has 1 aliphatic rings. The van der Waals surface area contributed by atoms with Gasteiger partial charge in [0, 0.05) is 48.3 Å². The lowest BCUT2D eigenvalue weighted by Crippen LogP contribution is -2.55. The third-order valence-electron chi connectivity index (χ3n) is 6.35. The zero-order chi connectivity index (χ0) is 23.7. The number of nitrogens with zero attached hydrogens (tertiary/aromatic N) is 2. The van der Waals surface area contributed by atoms with Crippen LogP contribution in [-0.2, 0) is 21.5 Å². The van der Waals surface area contributed by atoms with Crippen molar-refractivity contribution in [2.24, 2.45) is 0 Å². The number of ether oxygens (including phenoxy) is 1. The van der Waals surface area contributed by atoms with E-state index in [0.29, 0.717) is 13.0 Å². The molecule has 0 radical (unpaired) electrons. The van der Waals surface area contributed by atoms with Crippen LogP contribution >= 0.6 is 0 Å². The van der Waals surface area contributed by atoms with Crippen molar-refractivity contribution in [1.82, 2.24) is 20.4 Å². The Balaban J connectivity index is 1.66. The van der Waals surface area contributed by atoms with Crippen molar-refractivity contribution in [3.8, 4) is 11.1 Å². The minimum Gasteiger partial charge on any atom is -0.383 e. The quantitative estimate of drug-likeness (QED) is 0.372. The molecule has 3 N–H and O–H groups in total. The van der Waals surface area contributed by atoms with Gasteiger partial charge in [0.1, 0.15) is 5.76 Å². The number of aryl methyl sites for hydroxylation is 2. The zero-order valence-corrected chi connectivity index (χ0v) is 19.4. The molecule has 0 spiro atoms. The van der Waals surface area contributed by atoms with E-state index in [2.05, 4.69) is 31.8 Å². The molecule has 4 aromatic rings. The highest BCUT2D eigenvalue weighted by Gasteiger charge is 2.49. The van der Waals surface area contributed by atoms with Crippen LogP contribution in [0.2, 0.25) is 0 Å². The predicted octanol–water partition coefficient (Wildman–Crippen LogP) is 3.72. The van der Waals surface area contributed by atoms with Gasteiger partial charge in [-0.1, -0.05) is 41.6 Å². The topological polar surface area (TPSA) is 105 Å². The zero-order valence-electron chi connectivity index (χ0n) is 19.4. The van der Waals surface area contributed by atoms with Crippen LogP contribution in [0.1, 0.15) is 28.3 Å². The Morgan fingerprint density at radius 1 is 1.18 bits per heavy atom. The first-order valence-electron chi connectivity index (χ1n) is 11.2. The van der Waals surface area contributed by atoms with E-state index >= 15 is 0 Å². The van der Waals surface area contributed by atoms with Gasteiger partial charge < -0.3 is 19.6 Å². The van der Waals surface area contributed by atoms with E-state index in [1.54, 1.807) is 19.6 Å². The molecule has 3 heterocycles. The van der Waals surface area contributed by atoms with E-state index < -0.39 is 5.54 Å². The number of amides is 1. The summed E-state index contributed by atoms with van der Waals surface area (Å²) in [7, 11) is 1.66. The molecule has 0 aliphatic carbocycles. The number of carbonyl (C=O) groups is 1. The standard InChI is InChI=1S/C26H27N5O3/c1-16-24(17(2)34-31-16)18-9-10-23-22(11-18)26(25(32)29-23,19-7-5-4-6-8-19)30-21(14-33-3)12-20-13-27-15-28-20/h4-11,13,15,21,30H,12,14H2,1-3H3,(H,27,28)(H,29,32)/t21-,26?/m0/s1. The average Bonchev–Trinajstić information content (AvgIpc) is 3.54. The third kappa shape index (κ3) is 3.70. The molecule has 1 amide bonds. The number of rotatable bonds is 8. The molecule has 0 saturated carbocycles. The molecule has 0 saturated heterocycles. The molecule has 2 aromatic heterocycles. The normalized spacial score (nSPS) is 18.0. The number of anilines is 1. The lowest BCUT2D eigenvalue weighted by atomic mass is 9.81. The molecule has 0 bridgehead atoms. The van der Waals surface area contributed by atoms with E-state index in [1.807, 2.05) is 56.3 Å². The van der Waals surface area contributed by atoms with Crippen LogP contribution in [0, 0.1) is 13.8 Å². The fourth-order valence-corrected chi connectivity index (χ4v) is 4.87. The summed E-state index contributed by atoms with van der Waals surface area (Å²) in [6.07, 6.45) is 4.06. The highest BCUT2D eigenvalue weighted by Crippen LogP contribution is 2.44. The molecule has 1 unspecified atom stereocenters. The van der Waals surface area contributed by atoms with Crippen LogP contribution in [0.15, 0.2) is 65.6 Å². The van der Waals surface area contributed by atoms with Crippen molar-refractivity contribution in [2.45, 2.75) is 31.8 Å². The third-order valence-corrected chi connectivity index (χ3v) is 6.35. The number of aromatic nitrogens is 3. The number of fused-ring (bicyclic) bond motifs is 1. The van der Waals surface area contributed by atoms with Crippen LogP contribution in [0.3, 0.4) is 0 Å². The van der Waals surface area contributed by atoms with Crippen LogP contribution in [0.5, 0.6) is 0 Å². The summed E-state index contributed by atoms with van der Waals surface area (Å²) in [6.45, 7) is 4.23. The first kappa shape index (κ1) is 22.1. The lowest BCUT2D eigenvalue weighted by molar-refractivity contribution is -0.121. The van der Waals surface area contributed by atoms with Gasteiger partial charge in [0.15, 0.2) is 5.54 Å². The minimum absolute atomic E-state index is 0.129. The molecule has 8 heteroatoms. The Morgan fingerprint density at radius 2 is 2.00 bits per heavy atom. The smallest absolute Gasteiger partial charge is 0.254 e. The monoisotopic (exact) mass is 457 g/mol. The van der Waals surface area contributed by atoms with Gasteiger partial charge in [-0.2, -0.15) is 0 Å². The SMILES string of the molecule is COC[C@H](Cc1cnc[nH]1)NC1(c2ccccc2)C(=O)Nc2ccc(-c3c(C)noc3C)cc21. The Hall–Kier alpha value is -3.75. The lowest BCUT2D eigenvalue weighted by Gasteiger charge is -2.34. The van der Waals surface area contributed by atoms with E-state index in [4.69, 9.17) is 9.26 Å². The van der Waals surface area contributed by atoms with E-state index in [1.165, 1.54) is 0 Å². The van der Waals surface area contributed by atoms with Gasteiger partial charge >= 0.3 is 0 Å². The number of nitrogens with one attached hydrogen (secondary N) is 3. The number of aromatic amines is 1. The number of imidazole rings is 1. The summed E-state index contributed by atoms with van der Waals surface area (Å²) in [6, 6.07) is 15.6. The van der Waals surface area contributed by atoms with Crippen LogP contribution in [-0.4, -0.2) is 40.8 Å². The van der Waals surface area contributed by atoms with Gasteiger partial charge in [-0.05, 0) is 37.1 Å². The Bertz CT molecular complexity index is 1280. The summed E-state index contributed by atoms with van der Waals surface area (Å²) >= 11 is 0. The Morgan fingerprint density at radius 3 is 2.68 bits per heavy atom. The molecule has 34 heavy (non-hydrogen) atoms. The van der Waals surface area contributed by atoms with Gasteiger partial charge in [-0.25, -0.2) is 4.98 Å². The Kier molecular flexibility index (Phi) is 5.77. The second-order valence-corrected chi connectivity index (χ2v) is 8.61. The molecule has 5 rings (SSSR count). The van der Waals surface area contributed by atoms with E-state index in [-0.39, 0.29) is 11.9 Å². The maximum atomic E-state index is 13.8. The summed E-state index contributed by atoms with van der Waals surface area (Å²) in [5, 5.41) is 10.9. The maximum Gasteiger partial charge on any atom is 0.254 e. The van der Waals surface area contributed by atoms with Gasteiger partial charge in [0.25, 0.3) is 5.91 Å². The number of H-pyrrole nitrogens is 1. The van der Waals surface area contributed by atoms with Crippen molar-refractivity contribution in [3.63, 3.8) is 0 Å². The fourth-order valence-electron chi connectivity index (χ4n) is 4.87. The average molecular weight is 458 g/mol. The Labute approximate surface area is 197 Å². The fraction of sp³-hybridized carbons (Fsp3) is 0.269. The molecular weight excluding hydrogens is 430 g/mol. The number of methoxy groups -OCH3 is 1. The summed E-state index contributed by atoms with van der Waals surface area (Å²) < 4.78 is 10.9. The first-order chi connectivity index (χ1) is 16.5. The highest BCUT2D eigenvalue weighted by molar-refractivity contribution is 6.09. The molecule has 2 aromatic carbocycles. The first-order valence-corrected chi connectivity index (χ1v) is 11.2. The number of hydrogen-bond donors (Lipinski definition) is 3. The van der Waals surface area contributed by atoms with Gasteiger partial charge in [0.2, 0.25) is 0 Å². The second-order valence-electron chi connectivity index (χ2n) is 8.61. The summed E-state index contributed by atoms with van der Waals surface area (Å²) in [5.41, 5.74) is 5.04. The largest absolute Gasteiger partial charge is 0.383 e. The molecule has 2 atom stereocenters. The molecule has 8 nitrogen and oxygen atoms in total. The maximum absolute atomic E-state index is 13.8. The molecule has 174 valence electrons. The van der Waals surface area contributed by atoms with Crippen molar-refractivity contribution >= 4 is 11.6 Å². The van der Waals surface area contributed by atoms with Crippen LogP contribution in [0.4, 0.5) is 5.69 Å². The van der Waals surface area contributed by atoms with E-state index in [0.717, 1.165) is 45.1 Å². The summed E-state index contributed by atoms with van der Waals surface area (Å²) in [4.78, 5) is 21.0. The van der Waals surface area contributed by atoms with Gasteiger partial charge in [0.05, 0.1) is 18.6 Å². The molecular formula is C26H27N5O3. The predicted molar refractivity (Wildman–Crippen MR) is 128 cm³/mol. The molecule has 1 aliphatic heterocycles. The van der Waals surface area contributed by atoms with Crippen molar-refractivity contribution in [2.75, 3.05) is 19.0 Å². The van der Waals surface area contributed by atoms with E-state index in [9.17, 15) is 4.79 Å². The number of carbonyl (C=O) groups excluding carboxylic acids is 1. The van der Waals surface area contributed by atoms with Crippen molar-refractivity contribution in [1.29, 1.82) is 0 Å². The second kappa shape index (κ2) is 8.89. The van der Waals surface area contributed by atoms with Gasteiger partial charge in [-0.3, -0.25) is 10.1 Å². The molecule has 0 fully saturated rings. The number of benzene rings is 2. The number of hydrogen-bond acceptors (Lipinski definition) is 6.